The second-order valence-electron chi connectivity index (χ2n) is 15.0. The van der Waals surface area contributed by atoms with E-state index in [0.717, 1.165) is 22.7 Å². The van der Waals surface area contributed by atoms with Gasteiger partial charge in [0, 0.05) is 33.5 Å². The monoisotopic (exact) mass is 738 g/mol. The molecule has 0 fully saturated rings. The number of benzene rings is 10. The highest BCUT2D eigenvalue weighted by Gasteiger charge is 2.17. The van der Waals surface area contributed by atoms with Crippen molar-refractivity contribution in [1.82, 2.24) is 4.57 Å². The van der Waals surface area contributed by atoms with Crippen LogP contribution in [0, 0.1) is 0 Å². The highest BCUT2D eigenvalue weighted by Crippen LogP contribution is 2.41. The Balaban J connectivity index is 0.989. The number of aromatic nitrogens is 1. The predicted octanol–water partition coefficient (Wildman–Crippen LogP) is 15.6. The largest absolute Gasteiger partial charge is 0.310 e. The van der Waals surface area contributed by atoms with Crippen LogP contribution in [0.2, 0.25) is 0 Å². The first-order chi connectivity index (χ1) is 28.8. The third-order valence-corrected chi connectivity index (χ3v) is 11.6. The third-order valence-electron chi connectivity index (χ3n) is 11.6. The van der Waals surface area contributed by atoms with Crippen LogP contribution in [0.1, 0.15) is 0 Å². The summed E-state index contributed by atoms with van der Waals surface area (Å²) >= 11 is 0. The molecule has 0 N–H and O–H groups in total. The maximum absolute atomic E-state index is 2.38. The maximum atomic E-state index is 2.38. The Bertz CT molecular complexity index is 3210. The molecule has 0 saturated carbocycles. The molecular weight excluding hydrogens is 701 g/mol. The third kappa shape index (κ3) is 5.82. The van der Waals surface area contributed by atoms with Crippen LogP contribution in [0.4, 0.5) is 17.1 Å². The lowest BCUT2D eigenvalue weighted by molar-refractivity contribution is 1.18. The first kappa shape index (κ1) is 33.6. The molecule has 1 aromatic heterocycles. The number of anilines is 3. The van der Waals surface area contributed by atoms with Crippen molar-refractivity contribution in [1.29, 1.82) is 0 Å². The molecule has 0 atom stereocenters. The molecule has 2 heteroatoms. The van der Waals surface area contributed by atoms with Crippen LogP contribution in [0.15, 0.2) is 231 Å². The van der Waals surface area contributed by atoms with Crippen molar-refractivity contribution >= 4 is 60.4 Å². The van der Waals surface area contributed by atoms with E-state index in [4.69, 9.17) is 0 Å². The molecule has 0 saturated heterocycles. The summed E-state index contributed by atoms with van der Waals surface area (Å²) < 4.78 is 2.38. The minimum Gasteiger partial charge on any atom is -0.310 e. The zero-order valence-electron chi connectivity index (χ0n) is 31.8. The van der Waals surface area contributed by atoms with Gasteiger partial charge in [0.15, 0.2) is 0 Å². The summed E-state index contributed by atoms with van der Waals surface area (Å²) in [4.78, 5) is 2.37. The lowest BCUT2D eigenvalue weighted by atomic mass is 9.91. The first-order valence-electron chi connectivity index (χ1n) is 19.9. The summed E-state index contributed by atoms with van der Waals surface area (Å²) in [5, 5.41) is 7.48. The topological polar surface area (TPSA) is 8.17 Å². The van der Waals surface area contributed by atoms with E-state index < -0.39 is 0 Å². The predicted molar refractivity (Wildman–Crippen MR) is 247 cm³/mol. The van der Waals surface area contributed by atoms with Crippen LogP contribution >= 0.6 is 0 Å². The van der Waals surface area contributed by atoms with Crippen molar-refractivity contribution < 1.29 is 0 Å². The Morgan fingerprint density at radius 3 is 1.47 bits per heavy atom. The fourth-order valence-corrected chi connectivity index (χ4v) is 8.82. The van der Waals surface area contributed by atoms with Crippen LogP contribution in [-0.2, 0) is 0 Å². The zero-order chi connectivity index (χ0) is 38.4. The fraction of sp³-hybridized carbons (Fsp3) is 0. The highest BCUT2D eigenvalue weighted by atomic mass is 15.1. The summed E-state index contributed by atoms with van der Waals surface area (Å²) in [6, 6.07) is 83.6. The van der Waals surface area contributed by atoms with Gasteiger partial charge < -0.3 is 9.47 Å². The van der Waals surface area contributed by atoms with Crippen molar-refractivity contribution in [3.05, 3.63) is 231 Å². The Kier molecular flexibility index (Phi) is 8.19. The minimum atomic E-state index is 1.10. The summed E-state index contributed by atoms with van der Waals surface area (Å²) in [5.41, 5.74) is 14.1. The molecule has 0 spiro atoms. The molecule has 1 heterocycles. The van der Waals surface area contributed by atoms with Gasteiger partial charge in [-0.2, -0.15) is 0 Å². The van der Waals surface area contributed by atoms with E-state index >= 15 is 0 Å². The second kappa shape index (κ2) is 14.1. The van der Waals surface area contributed by atoms with E-state index in [1.165, 1.54) is 76.7 Å². The summed E-state index contributed by atoms with van der Waals surface area (Å²) in [6.45, 7) is 0. The number of fused-ring (bicyclic) bond motifs is 5. The SMILES string of the molecule is c1ccc(-c2cccc3cccc(-c4ccc(N(c5ccc(-c6cccc(-n7c8ccccc8c8ccccc87)c6)cc5)c5ccc6ccccc6c5)cc4)c23)cc1. The van der Waals surface area contributed by atoms with Gasteiger partial charge in [-0.3, -0.25) is 0 Å². The first-order valence-corrected chi connectivity index (χ1v) is 19.9. The van der Waals surface area contributed by atoms with Gasteiger partial charge in [0.25, 0.3) is 0 Å². The molecular formula is C56H38N2. The quantitative estimate of drug-likeness (QED) is 0.158. The van der Waals surface area contributed by atoms with Gasteiger partial charge >= 0.3 is 0 Å². The molecule has 11 rings (SSSR count). The molecule has 0 bridgehead atoms. The summed E-state index contributed by atoms with van der Waals surface area (Å²) in [5.74, 6) is 0. The smallest absolute Gasteiger partial charge is 0.0541 e. The van der Waals surface area contributed by atoms with Crippen molar-refractivity contribution in [3.8, 4) is 39.1 Å². The van der Waals surface area contributed by atoms with Crippen LogP contribution in [0.5, 0.6) is 0 Å². The van der Waals surface area contributed by atoms with Gasteiger partial charge in [0.1, 0.15) is 0 Å². The van der Waals surface area contributed by atoms with Crippen LogP contribution < -0.4 is 4.90 Å². The minimum absolute atomic E-state index is 1.10. The van der Waals surface area contributed by atoms with Gasteiger partial charge in [-0.25, -0.2) is 0 Å². The molecule has 2 nitrogen and oxygen atoms in total. The van der Waals surface area contributed by atoms with E-state index in [2.05, 4.69) is 240 Å². The average molecular weight is 739 g/mol. The van der Waals surface area contributed by atoms with E-state index in [-0.39, 0.29) is 0 Å². The molecule has 0 aliphatic heterocycles. The number of hydrogen-bond donors (Lipinski definition) is 0. The lowest BCUT2D eigenvalue weighted by Crippen LogP contribution is -2.09. The molecule has 0 aliphatic rings. The van der Waals surface area contributed by atoms with Gasteiger partial charge in [0.2, 0.25) is 0 Å². The molecule has 272 valence electrons. The van der Waals surface area contributed by atoms with Crippen LogP contribution in [0.25, 0.3) is 82.4 Å². The summed E-state index contributed by atoms with van der Waals surface area (Å²) in [6.07, 6.45) is 0. The molecule has 10 aromatic carbocycles. The second-order valence-corrected chi connectivity index (χ2v) is 15.0. The molecule has 0 aliphatic carbocycles. The Labute approximate surface area is 338 Å². The average Bonchev–Trinajstić information content (AvgIpc) is 3.64. The molecule has 0 unspecified atom stereocenters. The van der Waals surface area contributed by atoms with Crippen molar-refractivity contribution in [2.45, 2.75) is 0 Å². The molecule has 0 amide bonds. The highest BCUT2D eigenvalue weighted by molar-refractivity contribution is 6.09. The van der Waals surface area contributed by atoms with Crippen LogP contribution in [-0.4, -0.2) is 4.57 Å². The van der Waals surface area contributed by atoms with Gasteiger partial charge in [-0.15, -0.1) is 0 Å². The Morgan fingerprint density at radius 1 is 0.293 bits per heavy atom. The van der Waals surface area contributed by atoms with E-state index in [1.54, 1.807) is 0 Å². The van der Waals surface area contributed by atoms with Gasteiger partial charge in [-0.1, -0.05) is 170 Å². The van der Waals surface area contributed by atoms with Gasteiger partial charge in [-0.05, 0) is 116 Å². The number of nitrogens with zero attached hydrogens (tertiary/aromatic N) is 2. The van der Waals surface area contributed by atoms with E-state index in [0.29, 0.717) is 0 Å². The molecule has 58 heavy (non-hydrogen) atoms. The van der Waals surface area contributed by atoms with Crippen molar-refractivity contribution in [2.24, 2.45) is 0 Å². The van der Waals surface area contributed by atoms with E-state index in [1.807, 2.05) is 0 Å². The number of rotatable bonds is 7. The maximum Gasteiger partial charge on any atom is 0.0541 e. The lowest BCUT2D eigenvalue weighted by Gasteiger charge is -2.26. The molecule has 0 radical (unpaired) electrons. The van der Waals surface area contributed by atoms with Gasteiger partial charge in [0.05, 0.1) is 11.0 Å². The zero-order valence-corrected chi connectivity index (χ0v) is 31.8. The normalized spacial score (nSPS) is 11.4. The van der Waals surface area contributed by atoms with Crippen molar-refractivity contribution in [2.75, 3.05) is 4.90 Å². The van der Waals surface area contributed by atoms with E-state index in [9.17, 15) is 0 Å². The Hall–Kier alpha value is -7.68. The number of hydrogen-bond acceptors (Lipinski definition) is 1. The standard InChI is InChI=1S/C56H38N2/c1-2-14-41(15-3-1)50-23-11-17-43-18-12-24-51(56(43)50)42-30-34-47(35-31-42)57(49-36-29-39-13-4-5-16-44(39)38-49)46-32-27-40(28-33-46)45-19-10-20-48(37-45)58-54-25-8-6-21-52(54)53-22-7-9-26-55(53)58/h1-38H. The fourth-order valence-electron chi connectivity index (χ4n) is 8.82. The molecule has 11 aromatic rings. The summed E-state index contributed by atoms with van der Waals surface area (Å²) in [7, 11) is 0. The number of para-hydroxylation sites is 2. The Morgan fingerprint density at radius 2 is 0.793 bits per heavy atom. The van der Waals surface area contributed by atoms with Crippen molar-refractivity contribution in [3.63, 3.8) is 0 Å². The van der Waals surface area contributed by atoms with Crippen LogP contribution in [0.3, 0.4) is 0 Å².